The molecule has 2 N–H and O–H groups in total. The van der Waals surface area contributed by atoms with Crippen LogP contribution in [0.2, 0.25) is 0 Å². The second-order valence-corrected chi connectivity index (χ2v) is 13.3. The van der Waals surface area contributed by atoms with Crippen LogP contribution >= 0.6 is 11.3 Å². The Labute approximate surface area is 218 Å². The van der Waals surface area contributed by atoms with Crippen molar-refractivity contribution in [3.63, 3.8) is 0 Å². The molecule has 4 rings (SSSR count). The fraction of sp³-hybridized carbons (Fsp3) is 0.348. The number of hydrogen-bond acceptors (Lipinski definition) is 8. The third-order valence-electron chi connectivity index (χ3n) is 6.18. The first-order chi connectivity index (χ1) is 17.4. The number of nitrogens with zero attached hydrogens (tertiary/aromatic N) is 3. The number of rotatable bonds is 6. The number of esters is 1. The summed E-state index contributed by atoms with van der Waals surface area (Å²) in [7, 11) is -6.41. The number of fused-ring (bicyclic) bond motifs is 1. The van der Waals surface area contributed by atoms with Crippen LogP contribution < -0.4 is 9.94 Å². The van der Waals surface area contributed by atoms with Crippen LogP contribution in [-0.4, -0.2) is 57.8 Å². The maximum atomic E-state index is 13.0. The molecular weight excluding hydrogens is 540 g/mol. The molecule has 1 amide bonds. The van der Waals surface area contributed by atoms with Gasteiger partial charge in [-0.15, -0.1) is 0 Å². The van der Waals surface area contributed by atoms with Gasteiger partial charge in [0.15, 0.2) is 4.80 Å². The number of ether oxygens (including phenoxy) is 1. The van der Waals surface area contributed by atoms with E-state index >= 15 is 0 Å². The quantitative estimate of drug-likeness (QED) is 0.445. The number of primary sulfonamides is 1. The molecule has 1 aliphatic heterocycles. The fourth-order valence-electron chi connectivity index (χ4n) is 3.96. The minimum atomic E-state index is -3.96. The average molecular weight is 567 g/mol. The van der Waals surface area contributed by atoms with Crippen molar-refractivity contribution in [1.82, 2.24) is 8.87 Å². The van der Waals surface area contributed by atoms with Crippen molar-refractivity contribution >= 4 is 53.5 Å². The number of amides is 1. The van der Waals surface area contributed by atoms with Gasteiger partial charge in [0.2, 0.25) is 20.0 Å². The van der Waals surface area contributed by atoms with Crippen molar-refractivity contribution in [2.45, 2.75) is 36.1 Å². The molecule has 0 unspecified atom stereocenters. The highest BCUT2D eigenvalue weighted by Gasteiger charge is 2.28. The Kier molecular flexibility index (Phi) is 7.67. The normalized spacial score (nSPS) is 16.2. The van der Waals surface area contributed by atoms with Crippen molar-refractivity contribution < 1.29 is 31.2 Å². The van der Waals surface area contributed by atoms with Gasteiger partial charge in [-0.05, 0) is 61.2 Å². The molecule has 0 bridgehead atoms. The topological polar surface area (TPSA) is 158 Å². The van der Waals surface area contributed by atoms with Crippen LogP contribution in [0.15, 0.2) is 57.2 Å². The second-order valence-electron chi connectivity index (χ2n) is 8.75. The molecule has 1 saturated heterocycles. The maximum Gasteiger partial charge on any atom is 0.325 e. The van der Waals surface area contributed by atoms with Crippen molar-refractivity contribution in [3.05, 3.63) is 52.8 Å². The van der Waals surface area contributed by atoms with E-state index in [0.29, 0.717) is 29.2 Å². The summed E-state index contributed by atoms with van der Waals surface area (Å²) in [5, 5.41) is 5.22. The lowest BCUT2D eigenvalue weighted by Gasteiger charge is -2.29. The Morgan fingerprint density at radius 3 is 2.27 bits per heavy atom. The van der Waals surface area contributed by atoms with E-state index in [1.165, 1.54) is 58.4 Å². The number of methoxy groups -OCH3 is 1. The first kappa shape index (κ1) is 27.1. The SMILES string of the molecule is COC(=O)Cn1c(=NC(=O)c2ccc(S(=O)(=O)N3CCC(C)CC3)cc2)sc2cc(S(N)(=O)=O)ccc21. The van der Waals surface area contributed by atoms with E-state index in [1.807, 2.05) is 0 Å². The zero-order valence-electron chi connectivity index (χ0n) is 20.2. The molecule has 1 aromatic heterocycles. The van der Waals surface area contributed by atoms with E-state index in [0.717, 1.165) is 24.2 Å². The Bertz CT molecular complexity index is 1630. The Morgan fingerprint density at radius 2 is 1.68 bits per heavy atom. The number of carbonyl (C=O) groups is 2. The number of sulfonamides is 2. The van der Waals surface area contributed by atoms with Gasteiger partial charge in [-0.3, -0.25) is 9.59 Å². The summed E-state index contributed by atoms with van der Waals surface area (Å²) in [6.07, 6.45) is 1.60. The van der Waals surface area contributed by atoms with Crippen molar-refractivity contribution in [2.75, 3.05) is 20.2 Å². The lowest BCUT2D eigenvalue weighted by Crippen LogP contribution is -2.37. The molecule has 2 heterocycles. The molecule has 0 atom stereocenters. The van der Waals surface area contributed by atoms with Crippen LogP contribution in [-0.2, 0) is 36.1 Å². The van der Waals surface area contributed by atoms with Gasteiger partial charge in [0.05, 0.1) is 27.1 Å². The highest BCUT2D eigenvalue weighted by atomic mass is 32.2. The number of benzene rings is 2. The molecule has 0 spiro atoms. The third-order valence-corrected chi connectivity index (χ3v) is 10.0. The maximum absolute atomic E-state index is 13.0. The molecule has 198 valence electrons. The van der Waals surface area contributed by atoms with Crippen LogP contribution in [0, 0.1) is 5.92 Å². The van der Waals surface area contributed by atoms with Crippen LogP contribution in [0.5, 0.6) is 0 Å². The summed E-state index contributed by atoms with van der Waals surface area (Å²) in [5.41, 5.74) is 0.616. The lowest BCUT2D eigenvalue weighted by molar-refractivity contribution is -0.141. The number of carbonyl (C=O) groups excluding carboxylic acids is 2. The Hall–Kier alpha value is -2.91. The predicted molar refractivity (Wildman–Crippen MR) is 137 cm³/mol. The van der Waals surface area contributed by atoms with Crippen molar-refractivity contribution in [2.24, 2.45) is 16.0 Å². The van der Waals surface area contributed by atoms with E-state index in [4.69, 9.17) is 9.88 Å². The minimum Gasteiger partial charge on any atom is -0.468 e. The summed E-state index contributed by atoms with van der Waals surface area (Å²) in [5.74, 6) is -0.770. The molecule has 14 heteroatoms. The van der Waals surface area contributed by atoms with Gasteiger partial charge in [0.1, 0.15) is 6.54 Å². The Morgan fingerprint density at radius 1 is 1.05 bits per heavy atom. The molecule has 0 aliphatic carbocycles. The highest BCUT2D eigenvalue weighted by molar-refractivity contribution is 7.89. The molecule has 1 aliphatic rings. The number of piperidine rings is 1. The molecule has 11 nitrogen and oxygen atoms in total. The first-order valence-electron chi connectivity index (χ1n) is 11.3. The van der Waals surface area contributed by atoms with Gasteiger partial charge in [-0.25, -0.2) is 22.0 Å². The number of thiazole rings is 1. The van der Waals surface area contributed by atoms with E-state index in [-0.39, 0.29) is 26.7 Å². The number of nitrogens with two attached hydrogens (primary N) is 1. The van der Waals surface area contributed by atoms with E-state index in [2.05, 4.69) is 11.9 Å². The molecule has 3 aromatic rings. The number of aromatic nitrogens is 1. The monoisotopic (exact) mass is 566 g/mol. The smallest absolute Gasteiger partial charge is 0.325 e. The zero-order valence-corrected chi connectivity index (χ0v) is 22.6. The number of hydrogen-bond donors (Lipinski definition) is 1. The largest absolute Gasteiger partial charge is 0.468 e. The lowest BCUT2D eigenvalue weighted by atomic mass is 10.0. The van der Waals surface area contributed by atoms with Crippen LogP contribution in [0.4, 0.5) is 0 Å². The van der Waals surface area contributed by atoms with Crippen molar-refractivity contribution in [1.29, 1.82) is 0 Å². The summed E-state index contributed by atoms with van der Waals surface area (Å²) in [6, 6.07) is 9.65. The summed E-state index contributed by atoms with van der Waals surface area (Å²) in [4.78, 5) is 29.2. The molecule has 0 radical (unpaired) electrons. The van der Waals surface area contributed by atoms with E-state index < -0.39 is 31.9 Å². The molecule has 1 fully saturated rings. The fourth-order valence-corrected chi connectivity index (χ4v) is 7.11. The van der Waals surface area contributed by atoms with Gasteiger partial charge < -0.3 is 9.30 Å². The third kappa shape index (κ3) is 5.83. The van der Waals surface area contributed by atoms with E-state index in [9.17, 15) is 26.4 Å². The Balaban J connectivity index is 1.69. The summed E-state index contributed by atoms with van der Waals surface area (Å²) in [6.45, 7) is 2.75. The predicted octanol–water partition coefficient (Wildman–Crippen LogP) is 1.68. The molecule has 2 aromatic carbocycles. The first-order valence-corrected chi connectivity index (χ1v) is 15.1. The summed E-state index contributed by atoms with van der Waals surface area (Å²) >= 11 is 1.00. The average Bonchev–Trinajstić information content (AvgIpc) is 3.19. The van der Waals surface area contributed by atoms with Gasteiger partial charge in [0, 0.05) is 18.7 Å². The van der Waals surface area contributed by atoms with Gasteiger partial charge >= 0.3 is 5.97 Å². The molecule has 37 heavy (non-hydrogen) atoms. The van der Waals surface area contributed by atoms with Gasteiger partial charge in [-0.1, -0.05) is 18.3 Å². The zero-order chi connectivity index (χ0) is 27.0. The van der Waals surface area contributed by atoms with Gasteiger partial charge in [-0.2, -0.15) is 9.30 Å². The van der Waals surface area contributed by atoms with Crippen molar-refractivity contribution in [3.8, 4) is 0 Å². The van der Waals surface area contributed by atoms with Crippen LogP contribution in [0.25, 0.3) is 10.2 Å². The van der Waals surface area contributed by atoms with Gasteiger partial charge in [0.25, 0.3) is 5.91 Å². The minimum absolute atomic E-state index is 0.0942. The standard InChI is InChI=1S/C23H26N4O7S3/c1-15-9-11-26(12-10-15)37(32,33)17-5-3-16(4-6-17)22(29)25-23-27(14-21(28)34-2)19-8-7-18(36(24,30)31)13-20(19)35-23/h3-8,13,15H,9-12,14H2,1-2H3,(H2,24,30,31). The second kappa shape index (κ2) is 10.5. The molecular formula is C23H26N4O7S3. The van der Waals surface area contributed by atoms with E-state index in [1.54, 1.807) is 0 Å². The molecule has 0 saturated carbocycles. The summed E-state index contributed by atoms with van der Waals surface area (Å²) < 4.78 is 57.5. The van der Waals surface area contributed by atoms with Crippen LogP contribution in [0.1, 0.15) is 30.1 Å². The highest BCUT2D eigenvalue weighted by Crippen LogP contribution is 2.24. The van der Waals surface area contributed by atoms with Crippen LogP contribution in [0.3, 0.4) is 0 Å².